The molecule has 5 rings (SSSR count). The lowest BCUT2D eigenvalue weighted by Crippen LogP contribution is -2.48. The normalized spacial score (nSPS) is 19.4. The van der Waals surface area contributed by atoms with Gasteiger partial charge in [-0.2, -0.15) is 0 Å². The molecule has 0 bridgehead atoms. The lowest BCUT2D eigenvalue weighted by molar-refractivity contribution is -0.137. The van der Waals surface area contributed by atoms with E-state index in [1.165, 1.54) is 6.42 Å². The maximum absolute atomic E-state index is 13.3. The van der Waals surface area contributed by atoms with Crippen LogP contribution in [0.2, 0.25) is 0 Å². The Morgan fingerprint density at radius 3 is 2.55 bits per heavy atom. The summed E-state index contributed by atoms with van der Waals surface area (Å²) in [6.07, 6.45) is 9.89. The first-order valence-corrected chi connectivity index (χ1v) is 14.6. The summed E-state index contributed by atoms with van der Waals surface area (Å²) in [5.41, 5.74) is 5.05. The second-order valence-electron chi connectivity index (χ2n) is 11.4. The van der Waals surface area contributed by atoms with Gasteiger partial charge in [0.05, 0.1) is 30.2 Å². The van der Waals surface area contributed by atoms with Crippen LogP contribution < -0.4 is 5.32 Å². The van der Waals surface area contributed by atoms with Crippen LogP contribution >= 0.6 is 0 Å². The molecule has 0 spiro atoms. The molecule has 3 atom stereocenters. The van der Waals surface area contributed by atoms with E-state index in [-0.39, 0.29) is 17.9 Å². The molecule has 2 aliphatic heterocycles. The summed E-state index contributed by atoms with van der Waals surface area (Å²) in [5, 5.41) is 2.69. The molecule has 2 amide bonds. The molecule has 3 N–H and O–H groups in total. The third-order valence-corrected chi connectivity index (χ3v) is 8.31. The van der Waals surface area contributed by atoms with Crippen molar-refractivity contribution in [3.05, 3.63) is 78.3 Å². The fraction of sp³-hybridized carbons (Fsp3) is 0.394. The molecule has 0 saturated carbocycles. The van der Waals surface area contributed by atoms with Crippen LogP contribution in [0.4, 0.5) is 0 Å². The van der Waals surface area contributed by atoms with Gasteiger partial charge in [0.15, 0.2) is 0 Å². The molecular weight excluding hydrogens is 526 g/mol. The Labute approximate surface area is 247 Å². The van der Waals surface area contributed by atoms with E-state index in [9.17, 15) is 9.59 Å². The summed E-state index contributed by atoms with van der Waals surface area (Å²) >= 11 is 0. The molecule has 218 valence electrons. The number of benzene rings is 1. The molecule has 1 aromatic carbocycles. The summed E-state index contributed by atoms with van der Waals surface area (Å²) in [4.78, 5) is 44.6. The van der Waals surface area contributed by atoms with Crippen molar-refractivity contribution in [2.45, 2.75) is 57.7 Å². The van der Waals surface area contributed by atoms with Gasteiger partial charge in [0.2, 0.25) is 12.3 Å². The van der Waals surface area contributed by atoms with Crippen molar-refractivity contribution in [2.24, 2.45) is 5.92 Å². The van der Waals surface area contributed by atoms with Crippen LogP contribution in [0.25, 0.3) is 16.8 Å². The third kappa shape index (κ3) is 5.95. The quantitative estimate of drug-likeness (QED) is 0.200. The van der Waals surface area contributed by atoms with E-state index in [1.807, 2.05) is 36.9 Å². The Bertz CT molecular complexity index is 1540. The van der Waals surface area contributed by atoms with E-state index in [0.717, 1.165) is 71.1 Å². The standard InChI is InChI=1S/C33H39N7O2/c1-6-22(4)26-17-24(12-11-23(26)13-14-25-18-34-31(37-25)28-9-7-15-39(28)5)27-19-35-32(38-27)29-10-8-16-40(29)33(42)30(21(2)3)36-20-41/h6,11-12,17-21,28-30H,1,4,7-10,15-16H2,2-3,5H3,(H,34,37)(H,35,38)(H,36,41)/t28-,29-,30?/m0/s1. The predicted molar refractivity (Wildman–Crippen MR) is 164 cm³/mol. The number of hydrogen-bond acceptors (Lipinski definition) is 5. The summed E-state index contributed by atoms with van der Waals surface area (Å²) < 4.78 is 0. The van der Waals surface area contributed by atoms with Gasteiger partial charge in [0.25, 0.3) is 0 Å². The van der Waals surface area contributed by atoms with E-state index in [1.54, 1.807) is 18.5 Å². The minimum atomic E-state index is -0.559. The Kier molecular flexibility index (Phi) is 8.74. The average Bonchev–Trinajstić information content (AvgIpc) is 3.80. The van der Waals surface area contributed by atoms with Gasteiger partial charge in [-0.1, -0.05) is 45.1 Å². The molecule has 0 radical (unpaired) electrons. The number of rotatable bonds is 9. The topological polar surface area (TPSA) is 110 Å². The van der Waals surface area contributed by atoms with Gasteiger partial charge >= 0.3 is 0 Å². The van der Waals surface area contributed by atoms with Gasteiger partial charge in [0.1, 0.15) is 23.4 Å². The van der Waals surface area contributed by atoms with Crippen LogP contribution in [0, 0.1) is 17.8 Å². The number of carbonyl (C=O) groups excluding carboxylic acids is 2. The van der Waals surface area contributed by atoms with Crippen molar-refractivity contribution in [2.75, 3.05) is 20.1 Å². The van der Waals surface area contributed by atoms with Gasteiger partial charge in [-0.3, -0.25) is 14.5 Å². The summed E-state index contributed by atoms with van der Waals surface area (Å²) in [6.45, 7) is 13.7. The highest BCUT2D eigenvalue weighted by molar-refractivity contribution is 5.84. The largest absolute Gasteiger partial charge is 0.347 e. The number of aromatic amines is 2. The van der Waals surface area contributed by atoms with Crippen molar-refractivity contribution >= 4 is 17.9 Å². The molecule has 9 heteroatoms. The van der Waals surface area contributed by atoms with E-state index in [4.69, 9.17) is 0 Å². The molecular formula is C33H39N7O2. The summed E-state index contributed by atoms with van der Waals surface area (Å²) in [6, 6.07) is 5.62. The van der Waals surface area contributed by atoms with Crippen molar-refractivity contribution in [1.82, 2.24) is 35.1 Å². The minimum absolute atomic E-state index is 0.0153. The fourth-order valence-electron chi connectivity index (χ4n) is 5.92. The summed E-state index contributed by atoms with van der Waals surface area (Å²) in [5.74, 6) is 8.13. The van der Waals surface area contributed by atoms with Crippen LogP contribution in [-0.4, -0.2) is 68.2 Å². The smallest absolute Gasteiger partial charge is 0.246 e. The molecule has 2 aromatic heterocycles. The molecule has 0 aliphatic carbocycles. The van der Waals surface area contributed by atoms with Gasteiger partial charge < -0.3 is 20.2 Å². The van der Waals surface area contributed by atoms with Gasteiger partial charge in [-0.15, -0.1) is 0 Å². The molecule has 2 saturated heterocycles. The van der Waals surface area contributed by atoms with Gasteiger partial charge in [-0.05, 0) is 74.4 Å². The first-order valence-electron chi connectivity index (χ1n) is 14.6. The monoisotopic (exact) mass is 565 g/mol. The third-order valence-electron chi connectivity index (χ3n) is 8.31. The first kappa shape index (κ1) is 29.1. The number of imidazole rings is 2. The molecule has 42 heavy (non-hydrogen) atoms. The zero-order chi connectivity index (χ0) is 29.8. The van der Waals surface area contributed by atoms with Crippen LogP contribution in [-0.2, 0) is 9.59 Å². The van der Waals surface area contributed by atoms with Crippen molar-refractivity contribution in [3.63, 3.8) is 0 Å². The zero-order valence-corrected chi connectivity index (χ0v) is 24.6. The number of amides is 2. The first-order chi connectivity index (χ1) is 20.3. The highest BCUT2D eigenvalue weighted by Crippen LogP contribution is 2.33. The minimum Gasteiger partial charge on any atom is -0.347 e. The number of hydrogen-bond donors (Lipinski definition) is 3. The number of carbonyl (C=O) groups is 2. The molecule has 2 fully saturated rings. The Morgan fingerprint density at radius 2 is 1.83 bits per heavy atom. The van der Waals surface area contributed by atoms with E-state index < -0.39 is 6.04 Å². The Morgan fingerprint density at radius 1 is 1.10 bits per heavy atom. The molecule has 1 unspecified atom stereocenters. The lowest BCUT2D eigenvalue weighted by atomic mass is 9.97. The van der Waals surface area contributed by atoms with E-state index in [0.29, 0.717) is 19.0 Å². The number of allylic oxidation sites excluding steroid dienone is 2. The molecule has 2 aliphatic rings. The van der Waals surface area contributed by atoms with Crippen LogP contribution in [0.15, 0.2) is 49.8 Å². The molecule has 9 nitrogen and oxygen atoms in total. The number of nitrogens with one attached hydrogen (secondary N) is 3. The fourth-order valence-corrected chi connectivity index (χ4v) is 5.92. The number of nitrogens with zero attached hydrogens (tertiary/aromatic N) is 4. The lowest BCUT2D eigenvalue weighted by Gasteiger charge is -2.29. The second-order valence-corrected chi connectivity index (χ2v) is 11.4. The zero-order valence-electron chi connectivity index (χ0n) is 24.6. The SMILES string of the molecule is C=CC(=C)c1cc(-c2cnc([C@@H]3CCCN3C(=O)C(NC=O)C(C)C)[nH]2)ccc1C#Cc1cnc([C@@H]2CCCN2C)[nH]1. The van der Waals surface area contributed by atoms with Gasteiger partial charge in [0, 0.05) is 17.7 Å². The van der Waals surface area contributed by atoms with Crippen molar-refractivity contribution < 1.29 is 9.59 Å². The van der Waals surface area contributed by atoms with Crippen molar-refractivity contribution in [3.8, 4) is 23.1 Å². The highest BCUT2D eigenvalue weighted by Gasteiger charge is 2.36. The van der Waals surface area contributed by atoms with E-state index >= 15 is 0 Å². The maximum atomic E-state index is 13.3. The second kappa shape index (κ2) is 12.6. The number of likely N-dealkylation sites (tertiary alicyclic amines) is 2. The van der Waals surface area contributed by atoms with Gasteiger partial charge in [-0.25, -0.2) is 9.97 Å². The molecule has 4 heterocycles. The number of H-pyrrole nitrogens is 2. The maximum Gasteiger partial charge on any atom is 0.246 e. The Balaban J connectivity index is 1.38. The van der Waals surface area contributed by atoms with Crippen LogP contribution in [0.5, 0.6) is 0 Å². The van der Waals surface area contributed by atoms with E-state index in [2.05, 4.69) is 62.2 Å². The summed E-state index contributed by atoms with van der Waals surface area (Å²) in [7, 11) is 2.13. The van der Waals surface area contributed by atoms with Crippen molar-refractivity contribution in [1.29, 1.82) is 0 Å². The predicted octanol–water partition coefficient (Wildman–Crippen LogP) is 4.60. The Hall–Kier alpha value is -4.42. The van der Waals surface area contributed by atoms with Crippen LogP contribution in [0.3, 0.4) is 0 Å². The van der Waals surface area contributed by atoms with Crippen LogP contribution in [0.1, 0.15) is 80.1 Å². The average molecular weight is 566 g/mol. The number of aromatic nitrogens is 4. The molecule has 3 aromatic rings. The highest BCUT2D eigenvalue weighted by atomic mass is 16.2.